The quantitative estimate of drug-likeness (QED) is 0.585. The van der Waals surface area contributed by atoms with Crippen molar-refractivity contribution in [2.75, 3.05) is 13.2 Å². The van der Waals surface area contributed by atoms with E-state index in [2.05, 4.69) is 27.8 Å². The lowest BCUT2D eigenvalue weighted by atomic mass is 10.1. The van der Waals surface area contributed by atoms with Crippen LogP contribution in [-0.4, -0.2) is 19.1 Å². The number of carbonyl (C=O) groups is 1. The molecule has 0 spiro atoms. The summed E-state index contributed by atoms with van der Waals surface area (Å²) in [4.78, 5) is 11.4. The Morgan fingerprint density at radius 3 is 2.90 bits per heavy atom. The molecule has 5 heteroatoms. The SMILES string of the molecule is C=CCNC(=O)CCCOc1cc(C)c(Cl)c(C)c1Br. The molecule has 1 amide bonds. The molecule has 1 aromatic carbocycles. The molecule has 0 aliphatic heterocycles. The summed E-state index contributed by atoms with van der Waals surface area (Å²) in [6.45, 7) is 8.42. The van der Waals surface area contributed by atoms with E-state index in [4.69, 9.17) is 16.3 Å². The number of ether oxygens (including phenoxy) is 1. The average molecular weight is 361 g/mol. The van der Waals surface area contributed by atoms with Gasteiger partial charge in [-0.25, -0.2) is 0 Å². The monoisotopic (exact) mass is 359 g/mol. The fraction of sp³-hybridized carbons (Fsp3) is 0.400. The molecule has 1 N–H and O–H groups in total. The molecular formula is C15H19BrClNO2. The predicted molar refractivity (Wildman–Crippen MR) is 86.6 cm³/mol. The minimum atomic E-state index is 0.0102. The van der Waals surface area contributed by atoms with Gasteiger partial charge in [-0.3, -0.25) is 4.79 Å². The second kappa shape index (κ2) is 8.32. The van der Waals surface area contributed by atoms with E-state index in [0.717, 1.165) is 26.4 Å². The van der Waals surface area contributed by atoms with Gasteiger partial charge in [0.15, 0.2) is 0 Å². The number of rotatable bonds is 7. The fourth-order valence-corrected chi connectivity index (χ4v) is 2.38. The van der Waals surface area contributed by atoms with Gasteiger partial charge in [0.25, 0.3) is 0 Å². The normalized spacial score (nSPS) is 10.2. The molecule has 0 radical (unpaired) electrons. The second-order valence-electron chi connectivity index (χ2n) is 4.49. The van der Waals surface area contributed by atoms with Crippen molar-refractivity contribution in [3.05, 3.63) is 39.3 Å². The Hall–Kier alpha value is -1.000. The standard InChI is InChI=1S/C15H19BrClNO2/c1-4-7-18-13(19)6-5-8-20-12-9-10(2)15(17)11(3)14(12)16/h4,9H,1,5-8H2,2-3H3,(H,18,19). The van der Waals surface area contributed by atoms with E-state index >= 15 is 0 Å². The number of aryl methyl sites for hydroxylation is 1. The van der Waals surface area contributed by atoms with Crippen LogP contribution in [0.4, 0.5) is 0 Å². The van der Waals surface area contributed by atoms with Crippen molar-refractivity contribution in [2.45, 2.75) is 26.7 Å². The topological polar surface area (TPSA) is 38.3 Å². The lowest BCUT2D eigenvalue weighted by Gasteiger charge is -2.13. The van der Waals surface area contributed by atoms with E-state index in [1.807, 2.05) is 19.9 Å². The lowest BCUT2D eigenvalue weighted by molar-refractivity contribution is -0.121. The second-order valence-corrected chi connectivity index (χ2v) is 5.66. The van der Waals surface area contributed by atoms with Crippen LogP contribution in [0, 0.1) is 13.8 Å². The zero-order chi connectivity index (χ0) is 15.1. The van der Waals surface area contributed by atoms with Gasteiger partial charge in [0.1, 0.15) is 5.75 Å². The largest absolute Gasteiger partial charge is 0.492 e. The van der Waals surface area contributed by atoms with Gasteiger partial charge in [0, 0.05) is 18.0 Å². The minimum Gasteiger partial charge on any atom is -0.492 e. The predicted octanol–water partition coefficient (Wildman–Crippen LogP) is 4.18. The smallest absolute Gasteiger partial charge is 0.220 e. The van der Waals surface area contributed by atoms with Crippen LogP contribution in [0.5, 0.6) is 5.75 Å². The van der Waals surface area contributed by atoms with Crippen LogP contribution in [0.25, 0.3) is 0 Å². The minimum absolute atomic E-state index is 0.0102. The van der Waals surface area contributed by atoms with Crippen molar-refractivity contribution in [1.82, 2.24) is 5.32 Å². The van der Waals surface area contributed by atoms with Crippen molar-refractivity contribution in [1.29, 1.82) is 0 Å². The number of hydrogen-bond donors (Lipinski definition) is 1. The number of amides is 1. The summed E-state index contributed by atoms with van der Waals surface area (Å²) in [6.07, 6.45) is 2.76. The third kappa shape index (κ3) is 4.84. The van der Waals surface area contributed by atoms with Crippen LogP contribution in [0.3, 0.4) is 0 Å². The molecule has 20 heavy (non-hydrogen) atoms. The molecule has 1 rings (SSSR count). The highest BCUT2D eigenvalue weighted by molar-refractivity contribution is 9.10. The Kier molecular flexibility index (Phi) is 7.10. The summed E-state index contributed by atoms with van der Waals surface area (Å²) < 4.78 is 6.57. The summed E-state index contributed by atoms with van der Waals surface area (Å²) in [6, 6.07) is 1.90. The van der Waals surface area contributed by atoms with E-state index in [1.54, 1.807) is 6.08 Å². The summed E-state index contributed by atoms with van der Waals surface area (Å²) in [5.74, 6) is 0.770. The molecule has 0 saturated carbocycles. The van der Waals surface area contributed by atoms with Crippen LogP contribution in [0.15, 0.2) is 23.2 Å². The van der Waals surface area contributed by atoms with Gasteiger partial charge >= 0.3 is 0 Å². The Bertz CT molecular complexity index is 503. The van der Waals surface area contributed by atoms with Crippen LogP contribution in [0.2, 0.25) is 5.02 Å². The summed E-state index contributed by atoms with van der Waals surface area (Å²) >= 11 is 9.64. The van der Waals surface area contributed by atoms with Gasteiger partial charge in [-0.1, -0.05) is 17.7 Å². The van der Waals surface area contributed by atoms with Gasteiger partial charge in [0.05, 0.1) is 11.1 Å². The number of nitrogens with one attached hydrogen (secondary N) is 1. The first-order valence-electron chi connectivity index (χ1n) is 6.43. The molecule has 0 aliphatic carbocycles. The highest BCUT2D eigenvalue weighted by atomic mass is 79.9. The van der Waals surface area contributed by atoms with E-state index in [-0.39, 0.29) is 5.91 Å². The zero-order valence-corrected chi connectivity index (χ0v) is 14.1. The molecule has 1 aromatic rings. The maximum Gasteiger partial charge on any atom is 0.220 e. The zero-order valence-electron chi connectivity index (χ0n) is 11.8. The van der Waals surface area contributed by atoms with Gasteiger partial charge in [0.2, 0.25) is 5.91 Å². The Balaban J connectivity index is 2.47. The van der Waals surface area contributed by atoms with Crippen molar-refractivity contribution < 1.29 is 9.53 Å². The number of hydrogen-bond acceptors (Lipinski definition) is 2. The van der Waals surface area contributed by atoms with Gasteiger partial charge in [-0.05, 0) is 53.4 Å². The van der Waals surface area contributed by atoms with E-state index in [1.165, 1.54) is 0 Å². The van der Waals surface area contributed by atoms with Gasteiger partial charge in [-0.15, -0.1) is 6.58 Å². The molecule has 0 aliphatic rings. The van der Waals surface area contributed by atoms with Crippen molar-refractivity contribution >= 4 is 33.4 Å². The van der Waals surface area contributed by atoms with Crippen LogP contribution < -0.4 is 10.1 Å². The third-order valence-electron chi connectivity index (χ3n) is 2.82. The first-order valence-corrected chi connectivity index (χ1v) is 7.60. The molecule has 0 heterocycles. The molecule has 0 bridgehead atoms. The maximum absolute atomic E-state index is 11.4. The molecule has 110 valence electrons. The van der Waals surface area contributed by atoms with Crippen molar-refractivity contribution in [3.8, 4) is 5.75 Å². The highest BCUT2D eigenvalue weighted by Crippen LogP contribution is 2.35. The molecule has 0 atom stereocenters. The van der Waals surface area contributed by atoms with Crippen LogP contribution >= 0.6 is 27.5 Å². The van der Waals surface area contributed by atoms with Gasteiger partial charge in [-0.2, -0.15) is 0 Å². The maximum atomic E-state index is 11.4. The Morgan fingerprint density at radius 2 is 2.25 bits per heavy atom. The Labute approximate surface area is 133 Å². The fourth-order valence-electron chi connectivity index (χ4n) is 1.69. The van der Waals surface area contributed by atoms with Crippen LogP contribution in [0.1, 0.15) is 24.0 Å². The Morgan fingerprint density at radius 1 is 1.55 bits per heavy atom. The average Bonchev–Trinajstić information content (AvgIpc) is 2.44. The third-order valence-corrected chi connectivity index (χ3v) is 4.39. The summed E-state index contributed by atoms with van der Waals surface area (Å²) in [7, 11) is 0. The first kappa shape index (κ1) is 17.1. The van der Waals surface area contributed by atoms with E-state index in [9.17, 15) is 4.79 Å². The summed E-state index contributed by atoms with van der Waals surface area (Å²) in [5.41, 5.74) is 1.94. The molecule has 3 nitrogen and oxygen atoms in total. The highest BCUT2D eigenvalue weighted by Gasteiger charge is 2.11. The molecule has 0 aromatic heterocycles. The lowest BCUT2D eigenvalue weighted by Crippen LogP contribution is -2.23. The van der Waals surface area contributed by atoms with Crippen molar-refractivity contribution in [2.24, 2.45) is 0 Å². The first-order chi connectivity index (χ1) is 9.47. The van der Waals surface area contributed by atoms with E-state index in [0.29, 0.717) is 26.0 Å². The number of halogens is 2. The van der Waals surface area contributed by atoms with E-state index < -0.39 is 0 Å². The molecule has 0 unspecified atom stereocenters. The molecule has 0 saturated heterocycles. The molecular weight excluding hydrogens is 342 g/mol. The summed E-state index contributed by atoms with van der Waals surface area (Å²) in [5, 5.41) is 3.47. The molecule has 0 fully saturated rings. The number of carbonyl (C=O) groups excluding carboxylic acids is 1. The number of benzene rings is 1. The van der Waals surface area contributed by atoms with Crippen molar-refractivity contribution in [3.63, 3.8) is 0 Å². The van der Waals surface area contributed by atoms with Gasteiger partial charge < -0.3 is 10.1 Å². The van der Waals surface area contributed by atoms with Crippen LogP contribution in [-0.2, 0) is 4.79 Å².